The fourth-order valence-corrected chi connectivity index (χ4v) is 5.31. The van der Waals surface area contributed by atoms with E-state index < -0.39 is 17.5 Å². The van der Waals surface area contributed by atoms with Crippen molar-refractivity contribution in [1.29, 1.82) is 0 Å². The van der Waals surface area contributed by atoms with Crippen LogP contribution < -0.4 is 0 Å². The zero-order valence-corrected chi connectivity index (χ0v) is 17.3. The maximum Gasteiger partial charge on any atom is 0.328 e. The maximum atomic E-state index is 12.4. The number of esters is 1. The first kappa shape index (κ1) is 21.4. The third-order valence-electron chi connectivity index (χ3n) is 7.24. The molecule has 0 aromatic heterocycles. The first-order valence-electron chi connectivity index (χ1n) is 9.70. The fourth-order valence-electron chi connectivity index (χ4n) is 5.31. The van der Waals surface area contributed by atoms with Gasteiger partial charge < -0.3 is 9.84 Å². The third-order valence-corrected chi connectivity index (χ3v) is 7.24. The Morgan fingerprint density at radius 3 is 2.56 bits per heavy atom. The van der Waals surface area contributed by atoms with Gasteiger partial charge in [-0.15, -0.1) is 0 Å². The van der Waals surface area contributed by atoms with Gasteiger partial charge in [-0.2, -0.15) is 0 Å². The molecule has 2 aliphatic carbocycles. The van der Waals surface area contributed by atoms with Crippen LogP contribution in [0.5, 0.6) is 0 Å². The van der Waals surface area contributed by atoms with E-state index in [0.29, 0.717) is 18.4 Å². The lowest BCUT2D eigenvalue weighted by molar-refractivity contribution is -0.172. The molecule has 1 fully saturated rings. The fraction of sp³-hybridized carbons (Fsp3) is 0.682. The number of fused-ring (bicyclic) bond motifs is 1. The summed E-state index contributed by atoms with van der Waals surface area (Å²) in [6.45, 7) is 11.6. The molecule has 0 bridgehead atoms. The monoisotopic (exact) mass is 376 g/mol. The van der Waals surface area contributed by atoms with Crippen molar-refractivity contribution in [2.24, 2.45) is 22.7 Å². The van der Waals surface area contributed by atoms with Gasteiger partial charge in [-0.25, -0.2) is 4.79 Å². The van der Waals surface area contributed by atoms with Crippen molar-refractivity contribution in [3.05, 3.63) is 23.3 Å². The topological polar surface area (TPSA) is 80.7 Å². The first-order valence-corrected chi connectivity index (χ1v) is 9.70. The van der Waals surface area contributed by atoms with Crippen LogP contribution in [-0.4, -0.2) is 28.9 Å². The van der Waals surface area contributed by atoms with Crippen molar-refractivity contribution in [3.8, 4) is 0 Å². The number of carboxylic acids is 1. The number of allylic oxidation sites excluding steroid dienone is 2. The Hall–Kier alpha value is -1.91. The predicted molar refractivity (Wildman–Crippen MR) is 103 cm³/mol. The van der Waals surface area contributed by atoms with Crippen molar-refractivity contribution >= 4 is 17.7 Å². The highest BCUT2D eigenvalue weighted by molar-refractivity contribution is 5.92. The van der Waals surface area contributed by atoms with Crippen LogP contribution in [0.1, 0.15) is 67.2 Å². The van der Waals surface area contributed by atoms with E-state index in [1.807, 2.05) is 6.92 Å². The van der Waals surface area contributed by atoms with Gasteiger partial charge in [0, 0.05) is 31.3 Å². The number of carbonyl (C=O) groups is 3. The van der Waals surface area contributed by atoms with E-state index in [2.05, 4.69) is 20.8 Å². The van der Waals surface area contributed by atoms with Crippen LogP contribution in [0.3, 0.4) is 0 Å². The highest BCUT2D eigenvalue weighted by atomic mass is 16.5. The van der Waals surface area contributed by atoms with Gasteiger partial charge in [-0.1, -0.05) is 31.9 Å². The summed E-state index contributed by atoms with van der Waals surface area (Å²) in [5.74, 6) is -0.968. The van der Waals surface area contributed by atoms with Gasteiger partial charge in [0.15, 0.2) is 5.78 Å². The van der Waals surface area contributed by atoms with Crippen LogP contribution >= 0.6 is 0 Å². The van der Waals surface area contributed by atoms with Gasteiger partial charge >= 0.3 is 11.9 Å². The molecule has 0 saturated heterocycles. The maximum absolute atomic E-state index is 12.4. The van der Waals surface area contributed by atoms with E-state index in [0.717, 1.165) is 18.4 Å². The molecule has 27 heavy (non-hydrogen) atoms. The molecule has 2 rings (SSSR count). The van der Waals surface area contributed by atoms with Gasteiger partial charge in [0.2, 0.25) is 0 Å². The quantitative estimate of drug-likeness (QED) is 0.571. The van der Waals surface area contributed by atoms with Crippen LogP contribution in [0.4, 0.5) is 0 Å². The summed E-state index contributed by atoms with van der Waals surface area (Å²) in [6.07, 6.45) is 5.24. The minimum Gasteiger partial charge on any atom is -0.478 e. The average Bonchev–Trinajstić information content (AvgIpc) is 2.52. The zero-order valence-electron chi connectivity index (χ0n) is 17.3. The van der Waals surface area contributed by atoms with E-state index in [9.17, 15) is 14.4 Å². The molecule has 0 aromatic carbocycles. The van der Waals surface area contributed by atoms with E-state index in [1.165, 1.54) is 13.0 Å². The zero-order chi connectivity index (χ0) is 20.6. The Morgan fingerprint density at radius 1 is 1.37 bits per heavy atom. The molecule has 0 aliphatic heterocycles. The van der Waals surface area contributed by atoms with Crippen molar-refractivity contribution in [2.75, 3.05) is 0 Å². The van der Waals surface area contributed by atoms with Crippen LogP contribution in [0.15, 0.2) is 23.3 Å². The molecule has 1 saturated carbocycles. The van der Waals surface area contributed by atoms with Crippen molar-refractivity contribution in [3.63, 3.8) is 0 Å². The molecule has 0 radical (unpaired) electrons. The summed E-state index contributed by atoms with van der Waals surface area (Å²) >= 11 is 0. The second kappa shape index (κ2) is 7.61. The number of hydrogen-bond donors (Lipinski definition) is 1. The molecular weight excluding hydrogens is 344 g/mol. The van der Waals surface area contributed by atoms with Gasteiger partial charge in [-0.05, 0) is 50.0 Å². The van der Waals surface area contributed by atoms with Crippen LogP contribution in [0.25, 0.3) is 0 Å². The van der Waals surface area contributed by atoms with E-state index >= 15 is 0 Å². The third kappa shape index (κ3) is 4.02. The number of ether oxygens (including phenoxy) is 1. The summed E-state index contributed by atoms with van der Waals surface area (Å²) in [7, 11) is 0. The first-order chi connectivity index (χ1) is 12.4. The molecular formula is C22H32O5. The van der Waals surface area contributed by atoms with E-state index in [4.69, 9.17) is 9.84 Å². The van der Waals surface area contributed by atoms with Gasteiger partial charge in [-0.3, -0.25) is 9.59 Å². The molecule has 5 nitrogen and oxygen atoms in total. The average molecular weight is 376 g/mol. The molecule has 0 aromatic rings. The standard InChI is InChI=1S/C22H32O5/c1-13(10-20(25)26)9-19(27-16(4)23)22(6)14(2)7-8-21(5)15(3)11-17(24)12-18(21)22/h10-11,14,18-19H,7-9,12H2,1-6H3,(H,25,26)/b13-10+/t14-,18-,19+,21+,22+/m1/s1. The van der Waals surface area contributed by atoms with Crippen LogP contribution in [-0.2, 0) is 19.1 Å². The second-order valence-corrected chi connectivity index (χ2v) is 8.90. The predicted octanol–water partition coefficient (Wildman–Crippen LogP) is 4.32. The Bertz CT molecular complexity index is 703. The van der Waals surface area contributed by atoms with Crippen molar-refractivity contribution < 1.29 is 24.2 Å². The minimum absolute atomic E-state index is 0.0493. The summed E-state index contributed by atoms with van der Waals surface area (Å²) in [6, 6.07) is 0. The highest BCUT2D eigenvalue weighted by Crippen LogP contribution is 2.62. The van der Waals surface area contributed by atoms with Gasteiger partial charge in [0.1, 0.15) is 6.10 Å². The number of rotatable bonds is 5. The molecule has 0 unspecified atom stereocenters. The number of hydrogen-bond acceptors (Lipinski definition) is 4. The Labute approximate surface area is 161 Å². The van der Waals surface area contributed by atoms with Gasteiger partial charge in [0.05, 0.1) is 0 Å². The molecule has 2 aliphatic rings. The molecule has 0 amide bonds. The Morgan fingerprint density at radius 2 is 2.00 bits per heavy atom. The number of carboxylic acid groups (broad SMARTS) is 1. The van der Waals surface area contributed by atoms with Crippen molar-refractivity contribution in [1.82, 2.24) is 0 Å². The normalized spacial score (nSPS) is 35.1. The molecule has 150 valence electrons. The largest absolute Gasteiger partial charge is 0.478 e. The van der Waals surface area contributed by atoms with E-state index in [-0.39, 0.29) is 29.0 Å². The number of carbonyl (C=O) groups excluding carboxylic acids is 2. The summed E-state index contributed by atoms with van der Waals surface area (Å²) in [5.41, 5.74) is 1.22. The molecule has 1 N–H and O–H groups in total. The molecule has 0 spiro atoms. The van der Waals surface area contributed by atoms with Crippen LogP contribution in [0.2, 0.25) is 0 Å². The minimum atomic E-state index is -1.01. The number of aliphatic carboxylic acids is 1. The van der Waals surface area contributed by atoms with Crippen molar-refractivity contribution in [2.45, 2.75) is 73.3 Å². The van der Waals surface area contributed by atoms with E-state index in [1.54, 1.807) is 13.0 Å². The van der Waals surface area contributed by atoms with Gasteiger partial charge in [0.25, 0.3) is 0 Å². The molecule has 0 heterocycles. The SMILES string of the molecule is CC(=O)O[C@@H](C/C(C)=C/C(=O)O)[C@@]1(C)[C@H](C)CC[C@@]2(C)C(C)=CC(=O)C[C@@H]12. The smallest absolute Gasteiger partial charge is 0.328 e. The lowest BCUT2D eigenvalue weighted by atomic mass is 9.46. The Kier molecular flexibility index (Phi) is 6.03. The molecule has 5 heteroatoms. The summed E-state index contributed by atoms with van der Waals surface area (Å²) < 4.78 is 5.78. The molecule has 5 atom stereocenters. The lowest BCUT2D eigenvalue weighted by Gasteiger charge is -2.59. The Balaban J connectivity index is 2.52. The highest BCUT2D eigenvalue weighted by Gasteiger charge is 2.58. The lowest BCUT2D eigenvalue weighted by Crippen LogP contribution is -2.57. The second-order valence-electron chi connectivity index (χ2n) is 8.90. The van der Waals surface area contributed by atoms with Crippen LogP contribution in [0, 0.1) is 22.7 Å². The summed E-state index contributed by atoms with van der Waals surface area (Å²) in [5, 5.41) is 9.07. The summed E-state index contributed by atoms with van der Waals surface area (Å²) in [4.78, 5) is 35.3. The number of ketones is 1.